The van der Waals surface area contributed by atoms with E-state index in [4.69, 9.17) is 5.11 Å². The molecule has 0 aromatic heterocycles. The Morgan fingerprint density at radius 1 is 1.20 bits per heavy atom. The van der Waals surface area contributed by atoms with Crippen molar-refractivity contribution in [3.05, 3.63) is 35.9 Å². The Morgan fingerprint density at radius 2 is 1.75 bits per heavy atom. The summed E-state index contributed by atoms with van der Waals surface area (Å²) in [5.41, 5.74) is 0.761. The normalized spacial score (nSPS) is 11.4. The minimum Gasteiger partial charge on any atom is -0.480 e. The second kappa shape index (κ2) is 6.55. The van der Waals surface area contributed by atoms with Crippen molar-refractivity contribution < 1.29 is 14.7 Å². The quantitative estimate of drug-likeness (QED) is 0.869. The lowest BCUT2D eigenvalue weighted by Gasteiger charge is -2.31. The molecule has 0 radical (unpaired) electrons. The topological polar surface area (TPSA) is 57.6 Å². The van der Waals surface area contributed by atoms with Gasteiger partial charge >= 0.3 is 5.97 Å². The largest absolute Gasteiger partial charge is 0.480 e. The average molecular weight is 277 g/mol. The van der Waals surface area contributed by atoms with E-state index in [1.165, 1.54) is 4.90 Å². The van der Waals surface area contributed by atoms with E-state index in [-0.39, 0.29) is 23.9 Å². The van der Waals surface area contributed by atoms with Crippen LogP contribution in [0.4, 0.5) is 0 Å². The Balaban J connectivity index is 2.84. The molecule has 0 atom stereocenters. The number of carbonyl (C=O) groups is 2. The van der Waals surface area contributed by atoms with Gasteiger partial charge in [0.25, 0.3) is 0 Å². The van der Waals surface area contributed by atoms with Gasteiger partial charge in [-0.15, -0.1) is 0 Å². The Labute approximate surface area is 120 Å². The summed E-state index contributed by atoms with van der Waals surface area (Å²) in [5.74, 6) is -1.11. The summed E-state index contributed by atoms with van der Waals surface area (Å²) in [6, 6.07) is 9.68. The first-order chi connectivity index (χ1) is 9.24. The summed E-state index contributed by atoms with van der Waals surface area (Å²) >= 11 is 0. The lowest BCUT2D eigenvalue weighted by molar-refractivity contribution is -0.146. The Hall–Kier alpha value is -1.84. The minimum atomic E-state index is -0.982. The molecule has 0 saturated carbocycles. The molecule has 0 aliphatic rings. The SMILES string of the molecule is CC(C)N(CC(=O)O)C(=O)CC(C)(C)c1ccccc1. The van der Waals surface area contributed by atoms with Gasteiger partial charge < -0.3 is 10.0 Å². The molecule has 1 aromatic carbocycles. The van der Waals surface area contributed by atoms with Gasteiger partial charge in [0, 0.05) is 12.5 Å². The molecule has 4 nitrogen and oxygen atoms in total. The number of benzene rings is 1. The van der Waals surface area contributed by atoms with Crippen molar-refractivity contribution in [2.45, 2.75) is 45.6 Å². The third-order valence-corrected chi connectivity index (χ3v) is 3.40. The number of rotatable bonds is 6. The number of nitrogens with zero attached hydrogens (tertiary/aromatic N) is 1. The molecule has 0 heterocycles. The van der Waals surface area contributed by atoms with Crippen LogP contribution in [0.3, 0.4) is 0 Å². The molecular formula is C16H23NO3. The van der Waals surface area contributed by atoms with Gasteiger partial charge in [0.1, 0.15) is 6.54 Å². The van der Waals surface area contributed by atoms with Crippen LogP contribution in [0.25, 0.3) is 0 Å². The van der Waals surface area contributed by atoms with Crippen molar-refractivity contribution in [2.75, 3.05) is 6.54 Å². The molecule has 0 fully saturated rings. The van der Waals surface area contributed by atoms with E-state index in [0.717, 1.165) is 5.56 Å². The number of carbonyl (C=O) groups excluding carboxylic acids is 1. The van der Waals surface area contributed by atoms with Gasteiger partial charge in [-0.05, 0) is 24.8 Å². The van der Waals surface area contributed by atoms with Gasteiger partial charge in [-0.1, -0.05) is 44.2 Å². The summed E-state index contributed by atoms with van der Waals surface area (Å²) in [5, 5.41) is 8.90. The summed E-state index contributed by atoms with van der Waals surface area (Å²) in [7, 11) is 0. The molecule has 0 spiro atoms. The highest BCUT2D eigenvalue weighted by atomic mass is 16.4. The van der Waals surface area contributed by atoms with Gasteiger partial charge in [-0.3, -0.25) is 9.59 Å². The first kappa shape index (κ1) is 16.2. The molecule has 0 aliphatic heterocycles. The van der Waals surface area contributed by atoms with Gasteiger partial charge in [0.05, 0.1) is 0 Å². The fourth-order valence-corrected chi connectivity index (χ4v) is 2.18. The molecule has 4 heteroatoms. The van der Waals surface area contributed by atoms with E-state index in [1.54, 1.807) is 0 Å². The summed E-state index contributed by atoms with van der Waals surface area (Å²) < 4.78 is 0. The third kappa shape index (κ3) is 4.37. The number of hydrogen-bond donors (Lipinski definition) is 1. The van der Waals surface area contributed by atoms with E-state index in [9.17, 15) is 9.59 Å². The highest BCUT2D eigenvalue weighted by Gasteiger charge is 2.28. The van der Waals surface area contributed by atoms with Crippen LogP contribution in [0.1, 0.15) is 39.7 Å². The van der Waals surface area contributed by atoms with Gasteiger partial charge in [-0.2, -0.15) is 0 Å². The van der Waals surface area contributed by atoms with E-state index in [0.29, 0.717) is 6.42 Å². The van der Waals surface area contributed by atoms with Crippen molar-refractivity contribution in [2.24, 2.45) is 0 Å². The van der Waals surface area contributed by atoms with Crippen molar-refractivity contribution in [3.8, 4) is 0 Å². The second-order valence-electron chi connectivity index (χ2n) is 5.94. The van der Waals surface area contributed by atoms with Gasteiger partial charge in [0.2, 0.25) is 5.91 Å². The molecular weight excluding hydrogens is 254 g/mol. The first-order valence-electron chi connectivity index (χ1n) is 6.81. The molecule has 1 rings (SSSR count). The maximum absolute atomic E-state index is 12.4. The molecule has 0 aliphatic carbocycles. The first-order valence-corrected chi connectivity index (χ1v) is 6.81. The van der Waals surface area contributed by atoms with Crippen molar-refractivity contribution in [3.63, 3.8) is 0 Å². The molecule has 0 unspecified atom stereocenters. The molecule has 1 N–H and O–H groups in total. The second-order valence-corrected chi connectivity index (χ2v) is 5.94. The lowest BCUT2D eigenvalue weighted by atomic mass is 9.81. The zero-order chi connectivity index (χ0) is 15.3. The predicted molar refractivity (Wildman–Crippen MR) is 78.6 cm³/mol. The van der Waals surface area contributed by atoms with E-state index in [1.807, 2.05) is 58.0 Å². The molecule has 0 saturated heterocycles. The van der Waals surface area contributed by atoms with Gasteiger partial charge in [0.15, 0.2) is 0 Å². The molecule has 1 amide bonds. The highest BCUT2D eigenvalue weighted by Crippen LogP contribution is 2.27. The predicted octanol–water partition coefficient (Wildman–Crippen LogP) is 2.68. The van der Waals surface area contributed by atoms with Crippen LogP contribution in [-0.2, 0) is 15.0 Å². The molecule has 0 bridgehead atoms. The summed E-state index contributed by atoms with van der Waals surface area (Å²) in [4.78, 5) is 24.6. The molecule has 1 aromatic rings. The average Bonchev–Trinajstić information content (AvgIpc) is 2.36. The molecule has 20 heavy (non-hydrogen) atoms. The fraction of sp³-hybridized carbons (Fsp3) is 0.500. The van der Waals surface area contributed by atoms with Crippen LogP contribution in [0.2, 0.25) is 0 Å². The van der Waals surface area contributed by atoms with Crippen LogP contribution in [0.5, 0.6) is 0 Å². The summed E-state index contributed by atoms with van der Waals surface area (Å²) in [6.07, 6.45) is 0.294. The fourth-order valence-electron chi connectivity index (χ4n) is 2.18. The number of amides is 1. The Kier molecular flexibility index (Phi) is 5.31. The number of hydrogen-bond acceptors (Lipinski definition) is 2. The van der Waals surface area contributed by atoms with E-state index in [2.05, 4.69) is 0 Å². The Morgan fingerprint density at radius 3 is 2.20 bits per heavy atom. The number of carboxylic acids is 1. The lowest BCUT2D eigenvalue weighted by Crippen LogP contribution is -2.43. The maximum Gasteiger partial charge on any atom is 0.323 e. The van der Waals surface area contributed by atoms with Crippen molar-refractivity contribution in [1.29, 1.82) is 0 Å². The minimum absolute atomic E-state index is 0.120. The van der Waals surface area contributed by atoms with Crippen LogP contribution < -0.4 is 0 Å². The van der Waals surface area contributed by atoms with Crippen LogP contribution in [0, 0.1) is 0 Å². The van der Waals surface area contributed by atoms with E-state index < -0.39 is 5.97 Å². The number of carboxylic acid groups (broad SMARTS) is 1. The van der Waals surface area contributed by atoms with Crippen LogP contribution >= 0.6 is 0 Å². The zero-order valence-electron chi connectivity index (χ0n) is 12.6. The maximum atomic E-state index is 12.4. The molecule has 110 valence electrons. The number of aliphatic carboxylic acids is 1. The van der Waals surface area contributed by atoms with Gasteiger partial charge in [-0.25, -0.2) is 0 Å². The smallest absolute Gasteiger partial charge is 0.323 e. The highest BCUT2D eigenvalue weighted by molar-refractivity contribution is 5.82. The summed E-state index contributed by atoms with van der Waals surface area (Å²) in [6.45, 7) is 7.41. The van der Waals surface area contributed by atoms with Crippen molar-refractivity contribution >= 4 is 11.9 Å². The standard InChI is InChI=1S/C16H23NO3/c1-12(2)17(11-15(19)20)14(18)10-16(3,4)13-8-6-5-7-9-13/h5-9,12H,10-11H2,1-4H3,(H,19,20). The van der Waals surface area contributed by atoms with Crippen molar-refractivity contribution in [1.82, 2.24) is 4.90 Å². The van der Waals surface area contributed by atoms with Crippen LogP contribution in [-0.4, -0.2) is 34.5 Å². The van der Waals surface area contributed by atoms with E-state index >= 15 is 0 Å². The third-order valence-electron chi connectivity index (χ3n) is 3.40. The Bertz CT molecular complexity index is 466. The monoisotopic (exact) mass is 277 g/mol. The zero-order valence-corrected chi connectivity index (χ0v) is 12.6. The van der Waals surface area contributed by atoms with Crippen LogP contribution in [0.15, 0.2) is 30.3 Å².